The number of hydrogen-bond acceptors (Lipinski definition) is 2. The van der Waals surface area contributed by atoms with Gasteiger partial charge < -0.3 is 10.1 Å². The van der Waals surface area contributed by atoms with Gasteiger partial charge in [-0.15, -0.1) is 0 Å². The summed E-state index contributed by atoms with van der Waals surface area (Å²) < 4.78 is 18.4. The maximum absolute atomic E-state index is 12.9. The topological polar surface area (TPSA) is 21.3 Å². The average molecular weight is 244 g/mol. The third-order valence-corrected chi connectivity index (χ3v) is 3.02. The van der Waals surface area contributed by atoms with E-state index in [1.807, 2.05) is 0 Å². The Balaban J connectivity index is 1.78. The fourth-order valence-corrected chi connectivity index (χ4v) is 2.05. The van der Waals surface area contributed by atoms with Gasteiger partial charge in [-0.2, -0.15) is 0 Å². The van der Waals surface area contributed by atoms with Crippen LogP contribution in [0.2, 0.25) is 5.02 Å². The summed E-state index contributed by atoms with van der Waals surface area (Å²) in [7, 11) is 0. The Morgan fingerprint density at radius 2 is 2.38 bits per heavy atom. The Hall–Kier alpha value is -0.640. The van der Waals surface area contributed by atoms with Crippen molar-refractivity contribution in [2.45, 2.75) is 25.5 Å². The van der Waals surface area contributed by atoms with Crippen molar-refractivity contribution in [2.75, 3.05) is 13.2 Å². The molecule has 1 heterocycles. The third kappa shape index (κ3) is 3.17. The minimum Gasteiger partial charge on any atom is -0.375 e. The Kier molecular flexibility index (Phi) is 4.16. The van der Waals surface area contributed by atoms with Crippen LogP contribution in [0, 0.1) is 5.82 Å². The highest BCUT2D eigenvalue weighted by molar-refractivity contribution is 6.30. The van der Waals surface area contributed by atoms with Gasteiger partial charge in [0.2, 0.25) is 0 Å². The van der Waals surface area contributed by atoms with Gasteiger partial charge in [0, 0.05) is 6.04 Å². The summed E-state index contributed by atoms with van der Waals surface area (Å²) >= 11 is 5.68. The van der Waals surface area contributed by atoms with Gasteiger partial charge >= 0.3 is 0 Å². The maximum atomic E-state index is 12.9. The van der Waals surface area contributed by atoms with E-state index in [1.54, 1.807) is 12.1 Å². The van der Waals surface area contributed by atoms with E-state index in [9.17, 15) is 4.39 Å². The molecular weight excluding hydrogens is 229 g/mol. The van der Waals surface area contributed by atoms with Gasteiger partial charge in [-0.05, 0) is 37.1 Å². The van der Waals surface area contributed by atoms with Crippen LogP contribution < -0.4 is 5.32 Å². The van der Waals surface area contributed by atoms with E-state index in [1.165, 1.54) is 18.9 Å². The Morgan fingerprint density at radius 1 is 1.50 bits per heavy atom. The highest BCUT2D eigenvalue weighted by Gasteiger charge is 2.13. The van der Waals surface area contributed by atoms with E-state index < -0.39 is 0 Å². The van der Waals surface area contributed by atoms with Crippen molar-refractivity contribution in [3.05, 3.63) is 34.6 Å². The van der Waals surface area contributed by atoms with Crippen LogP contribution in [0.3, 0.4) is 0 Å². The maximum Gasteiger partial charge on any atom is 0.141 e. The smallest absolute Gasteiger partial charge is 0.141 e. The van der Waals surface area contributed by atoms with Crippen molar-refractivity contribution < 1.29 is 9.13 Å². The van der Waals surface area contributed by atoms with Crippen molar-refractivity contribution >= 4 is 11.6 Å². The fourth-order valence-electron chi connectivity index (χ4n) is 1.85. The third-order valence-electron chi connectivity index (χ3n) is 2.73. The van der Waals surface area contributed by atoms with Crippen LogP contribution in [0.4, 0.5) is 4.39 Å². The zero-order valence-electron chi connectivity index (χ0n) is 9.01. The number of nitrogens with one attached hydrogen (secondary N) is 1. The second-order valence-electron chi connectivity index (χ2n) is 4.06. The standard InChI is InChI=1S/C12H15ClFNO/c13-11-6-9(3-4-12(11)14)7-16-8-10-2-1-5-15-10/h3-4,6,10,15H,1-2,5,7-8H2. The second kappa shape index (κ2) is 5.62. The molecule has 0 bridgehead atoms. The largest absolute Gasteiger partial charge is 0.375 e. The van der Waals surface area contributed by atoms with Crippen molar-refractivity contribution in [1.29, 1.82) is 0 Å². The first-order valence-electron chi connectivity index (χ1n) is 5.51. The van der Waals surface area contributed by atoms with E-state index in [2.05, 4.69) is 5.32 Å². The molecular formula is C12H15ClFNO. The lowest BCUT2D eigenvalue weighted by Crippen LogP contribution is -2.26. The van der Waals surface area contributed by atoms with E-state index in [-0.39, 0.29) is 10.8 Å². The van der Waals surface area contributed by atoms with Gasteiger partial charge in [0.15, 0.2) is 0 Å². The molecule has 2 nitrogen and oxygen atoms in total. The monoisotopic (exact) mass is 243 g/mol. The molecule has 1 aromatic carbocycles. The molecule has 0 spiro atoms. The lowest BCUT2D eigenvalue weighted by Gasteiger charge is -2.10. The molecule has 88 valence electrons. The van der Waals surface area contributed by atoms with Crippen LogP contribution in [0.15, 0.2) is 18.2 Å². The van der Waals surface area contributed by atoms with E-state index >= 15 is 0 Å². The highest BCUT2D eigenvalue weighted by atomic mass is 35.5. The molecule has 1 aliphatic heterocycles. The first kappa shape index (κ1) is 11.8. The van der Waals surface area contributed by atoms with Gasteiger partial charge in [-0.1, -0.05) is 17.7 Å². The van der Waals surface area contributed by atoms with E-state index in [0.29, 0.717) is 19.3 Å². The highest BCUT2D eigenvalue weighted by Crippen LogP contribution is 2.16. The van der Waals surface area contributed by atoms with Gasteiger partial charge in [-0.3, -0.25) is 0 Å². The number of rotatable bonds is 4. The lowest BCUT2D eigenvalue weighted by molar-refractivity contribution is 0.103. The minimum atomic E-state index is -0.386. The molecule has 1 aliphatic rings. The molecule has 0 amide bonds. The molecule has 0 saturated carbocycles. The summed E-state index contributed by atoms with van der Waals surface area (Å²) in [6.45, 7) is 2.27. The summed E-state index contributed by atoms with van der Waals surface area (Å²) in [4.78, 5) is 0. The van der Waals surface area contributed by atoms with Crippen molar-refractivity contribution in [3.63, 3.8) is 0 Å². The molecule has 1 aromatic rings. The molecule has 4 heteroatoms. The van der Waals surface area contributed by atoms with Crippen LogP contribution in [0.1, 0.15) is 18.4 Å². The fraction of sp³-hybridized carbons (Fsp3) is 0.500. The van der Waals surface area contributed by atoms with Crippen LogP contribution in [0.5, 0.6) is 0 Å². The quantitative estimate of drug-likeness (QED) is 0.878. The van der Waals surface area contributed by atoms with Crippen LogP contribution in [-0.4, -0.2) is 19.2 Å². The Labute approximate surface area is 99.7 Å². The van der Waals surface area contributed by atoms with Gasteiger partial charge in [0.25, 0.3) is 0 Å². The summed E-state index contributed by atoms with van der Waals surface area (Å²) in [5.74, 6) is -0.386. The predicted octanol–water partition coefficient (Wildman–Crippen LogP) is 2.75. The summed E-state index contributed by atoms with van der Waals surface area (Å²) in [5, 5.41) is 3.51. The SMILES string of the molecule is Fc1ccc(COCC2CCCN2)cc1Cl. The van der Waals surface area contributed by atoms with E-state index in [0.717, 1.165) is 12.1 Å². The molecule has 16 heavy (non-hydrogen) atoms. The lowest BCUT2D eigenvalue weighted by atomic mass is 10.2. The first-order chi connectivity index (χ1) is 7.75. The van der Waals surface area contributed by atoms with Gasteiger partial charge in [-0.25, -0.2) is 4.39 Å². The molecule has 2 rings (SSSR count). The van der Waals surface area contributed by atoms with Crippen molar-refractivity contribution in [2.24, 2.45) is 0 Å². The second-order valence-corrected chi connectivity index (χ2v) is 4.46. The van der Waals surface area contributed by atoms with Gasteiger partial charge in [0.05, 0.1) is 18.2 Å². The molecule has 0 radical (unpaired) electrons. The molecule has 1 unspecified atom stereocenters. The number of ether oxygens (including phenoxy) is 1. The van der Waals surface area contributed by atoms with Crippen LogP contribution in [-0.2, 0) is 11.3 Å². The van der Waals surface area contributed by atoms with Crippen LogP contribution in [0.25, 0.3) is 0 Å². The molecule has 1 atom stereocenters. The zero-order chi connectivity index (χ0) is 11.4. The molecule has 1 fully saturated rings. The van der Waals surface area contributed by atoms with E-state index in [4.69, 9.17) is 16.3 Å². The van der Waals surface area contributed by atoms with Crippen LogP contribution >= 0.6 is 11.6 Å². The number of hydrogen-bond donors (Lipinski definition) is 1. The average Bonchev–Trinajstić information content (AvgIpc) is 2.76. The Morgan fingerprint density at radius 3 is 3.06 bits per heavy atom. The summed E-state index contributed by atoms with van der Waals surface area (Å²) in [6.07, 6.45) is 2.39. The molecule has 1 saturated heterocycles. The molecule has 1 N–H and O–H groups in total. The summed E-state index contributed by atoms with van der Waals surface area (Å²) in [5.41, 5.74) is 0.907. The normalized spacial score (nSPS) is 20.2. The van der Waals surface area contributed by atoms with Crippen molar-refractivity contribution in [1.82, 2.24) is 5.32 Å². The number of halogens is 2. The zero-order valence-corrected chi connectivity index (χ0v) is 9.77. The van der Waals surface area contributed by atoms with Gasteiger partial charge in [0.1, 0.15) is 5.82 Å². The summed E-state index contributed by atoms with van der Waals surface area (Å²) in [6, 6.07) is 5.15. The van der Waals surface area contributed by atoms with Crippen molar-refractivity contribution in [3.8, 4) is 0 Å². The Bertz CT molecular complexity index is 353. The number of benzene rings is 1. The minimum absolute atomic E-state index is 0.153. The molecule has 0 aliphatic carbocycles. The first-order valence-corrected chi connectivity index (χ1v) is 5.88. The predicted molar refractivity (Wildman–Crippen MR) is 62.1 cm³/mol. The molecule has 0 aromatic heterocycles.